The minimum Gasteiger partial charge on any atom is -0.464 e. The highest BCUT2D eigenvalue weighted by Crippen LogP contribution is 2.21. The highest BCUT2D eigenvalue weighted by atomic mass is 16.6. The summed E-state index contributed by atoms with van der Waals surface area (Å²) in [5, 5.41) is 9.64. The van der Waals surface area contributed by atoms with Gasteiger partial charge in [0, 0.05) is 13.0 Å². The van der Waals surface area contributed by atoms with E-state index in [0.29, 0.717) is 13.0 Å². The molecule has 1 rings (SSSR count). The molecule has 0 aromatic rings. The van der Waals surface area contributed by atoms with Gasteiger partial charge in [-0.1, -0.05) is 0 Å². The summed E-state index contributed by atoms with van der Waals surface area (Å²) >= 11 is 0. The van der Waals surface area contributed by atoms with Gasteiger partial charge in [-0.15, -0.1) is 0 Å². The van der Waals surface area contributed by atoms with Gasteiger partial charge in [0.2, 0.25) is 0 Å². The fourth-order valence-electron chi connectivity index (χ4n) is 1.95. The Morgan fingerprint density at radius 1 is 1.37 bits per heavy atom. The fourth-order valence-corrected chi connectivity index (χ4v) is 1.95. The van der Waals surface area contributed by atoms with Crippen LogP contribution in [0.4, 0.5) is 4.79 Å². The van der Waals surface area contributed by atoms with E-state index < -0.39 is 29.8 Å². The zero-order valence-corrected chi connectivity index (χ0v) is 12.0. The van der Waals surface area contributed by atoms with Crippen LogP contribution in [0.5, 0.6) is 0 Å². The highest BCUT2D eigenvalue weighted by molar-refractivity contribution is 5.81. The molecule has 6 heteroatoms. The van der Waals surface area contributed by atoms with Crippen LogP contribution in [0.3, 0.4) is 0 Å². The van der Waals surface area contributed by atoms with Crippen LogP contribution in [-0.4, -0.2) is 53.0 Å². The summed E-state index contributed by atoms with van der Waals surface area (Å²) in [5.74, 6) is -0.493. The topological polar surface area (TPSA) is 76.1 Å². The van der Waals surface area contributed by atoms with Crippen LogP contribution in [-0.2, 0) is 14.3 Å². The summed E-state index contributed by atoms with van der Waals surface area (Å²) in [6, 6.07) is -0.765. The molecule has 0 unspecified atom stereocenters. The number of aliphatic hydroxyl groups is 1. The third kappa shape index (κ3) is 4.70. The van der Waals surface area contributed by atoms with Crippen molar-refractivity contribution in [1.29, 1.82) is 0 Å². The zero-order chi connectivity index (χ0) is 14.6. The first-order valence-electron chi connectivity index (χ1n) is 6.59. The third-order valence-electron chi connectivity index (χ3n) is 2.76. The number of amides is 1. The Morgan fingerprint density at radius 2 is 2.00 bits per heavy atom. The number of hydrogen-bond donors (Lipinski definition) is 1. The number of carbonyl (C=O) groups excluding carboxylic acids is 2. The second-order valence-electron chi connectivity index (χ2n) is 5.62. The molecule has 1 heterocycles. The Kier molecular flexibility index (Phi) is 5.17. The molecule has 0 radical (unpaired) electrons. The van der Waals surface area contributed by atoms with E-state index in [1.54, 1.807) is 27.7 Å². The summed E-state index contributed by atoms with van der Waals surface area (Å²) in [6.45, 7) is 7.54. The van der Waals surface area contributed by atoms with E-state index in [0.717, 1.165) is 0 Å². The molecular weight excluding hydrogens is 250 g/mol. The van der Waals surface area contributed by atoms with Crippen molar-refractivity contribution in [1.82, 2.24) is 4.90 Å². The number of nitrogens with zero attached hydrogens (tertiary/aromatic N) is 1. The first-order chi connectivity index (χ1) is 8.74. The number of carbonyl (C=O) groups is 2. The van der Waals surface area contributed by atoms with Crippen LogP contribution < -0.4 is 0 Å². The van der Waals surface area contributed by atoms with Gasteiger partial charge in [0.1, 0.15) is 11.6 Å². The molecule has 0 aliphatic carbocycles. The number of ether oxygens (including phenoxy) is 2. The van der Waals surface area contributed by atoms with Crippen LogP contribution in [0.1, 0.15) is 40.5 Å². The molecule has 0 bridgehead atoms. The molecule has 1 aliphatic heterocycles. The summed E-state index contributed by atoms with van der Waals surface area (Å²) < 4.78 is 10.2. The molecule has 1 aliphatic rings. The van der Waals surface area contributed by atoms with Crippen LogP contribution in [0.25, 0.3) is 0 Å². The van der Waals surface area contributed by atoms with E-state index >= 15 is 0 Å². The number of hydrogen-bond acceptors (Lipinski definition) is 5. The van der Waals surface area contributed by atoms with Gasteiger partial charge < -0.3 is 14.6 Å². The van der Waals surface area contributed by atoms with Gasteiger partial charge in [-0.2, -0.15) is 0 Å². The molecule has 1 amide bonds. The van der Waals surface area contributed by atoms with E-state index in [2.05, 4.69) is 0 Å². The van der Waals surface area contributed by atoms with E-state index in [1.165, 1.54) is 4.90 Å². The predicted molar refractivity (Wildman–Crippen MR) is 68.6 cm³/mol. The monoisotopic (exact) mass is 273 g/mol. The van der Waals surface area contributed by atoms with Crippen LogP contribution in [0.2, 0.25) is 0 Å². The third-order valence-corrected chi connectivity index (χ3v) is 2.76. The Bertz CT molecular complexity index is 336. The second-order valence-corrected chi connectivity index (χ2v) is 5.62. The number of piperidine rings is 1. The van der Waals surface area contributed by atoms with Gasteiger partial charge in [-0.3, -0.25) is 4.90 Å². The maximum atomic E-state index is 12.1. The maximum Gasteiger partial charge on any atom is 0.411 e. The molecule has 19 heavy (non-hydrogen) atoms. The summed E-state index contributed by atoms with van der Waals surface area (Å²) in [4.78, 5) is 25.2. The number of aliphatic hydroxyl groups excluding tert-OH is 1. The smallest absolute Gasteiger partial charge is 0.411 e. The quantitative estimate of drug-likeness (QED) is 0.768. The van der Waals surface area contributed by atoms with E-state index in [4.69, 9.17) is 9.47 Å². The van der Waals surface area contributed by atoms with Crippen molar-refractivity contribution >= 4 is 12.1 Å². The van der Waals surface area contributed by atoms with E-state index in [1.807, 2.05) is 0 Å². The Hall–Kier alpha value is -1.30. The van der Waals surface area contributed by atoms with Crippen LogP contribution in [0, 0.1) is 0 Å². The number of rotatable bonds is 2. The molecule has 0 spiro atoms. The van der Waals surface area contributed by atoms with Gasteiger partial charge in [0.05, 0.1) is 12.7 Å². The second kappa shape index (κ2) is 6.23. The zero-order valence-electron chi connectivity index (χ0n) is 12.0. The van der Waals surface area contributed by atoms with Crippen molar-refractivity contribution < 1.29 is 24.2 Å². The van der Waals surface area contributed by atoms with Gasteiger partial charge >= 0.3 is 12.1 Å². The van der Waals surface area contributed by atoms with Gasteiger partial charge in [-0.05, 0) is 34.1 Å². The molecule has 0 aromatic heterocycles. The van der Waals surface area contributed by atoms with Crippen LogP contribution >= 0.6 is 0 Å². The minimum absolute atomic E-state index is 0.193. The average Bonchev–Trinajstić information content (AvgIpc) is 2.26. The minimum atomic E-state index is -0.765. The summed E-state index contributed by atoms with van der Waals surface area (Å²) in [5.41, 5.74) is -0.619. The lowest BCUT2D eigenvalue weighted by Gasteiger charge is -2.36. The SMILES string of the molecule is CCOC(=O)[C@@H]1C[C@@H](O)CCN1C(=O)OC(C)(C)C. The molecule has 1 fully saturated rings. The molecule has 6 nitrogen and oxygen atoms in total. The lowest BCUT2D eigenvalue weighted by molar-refractivity contribution is -0.152. The van der Waals surface area contributed by atoms with E-state index in [9.17, 15) is 14.7 Å². The van der Waals surface area contributed by atoms with Crippen molar-refractivity contribution in [2.75, 3.05) is 13.2 Å². The normalized spacial score (nSPS) is 23.9. The van der Waals surface area contributed by atoms with Crippen molar-refractivity contribution in [2.45, 2.75) is 58.3 Å². The summed E-state index contributed by atoms with van der Waals surface area (Å²) in [6.07, 6.45) is -0.502. The molecule has 1 saturated heterocycles. The largest absolute Gasteiger partial charge is 0.464 e. The Labute approximate surface area is 113 Å². The van der Waals surface area contributed by atoms with Crippen molar-refractivity contribution in [3.05, 3.63) is 0 Å². The number of likely N-dealkylation sites (tertiary alicyclic amines) is 1. The molecular formula is C13H23NO5. The van der Waals surface area contributed by atoms with Crippen molar-refractivity contribution in [3.63, 3.8) is 0 Å². The summed E-state index contributed by atoms with van der Waals surface area (Å²) in [7, 11) is 0. The molecule has 0 aromatic carbocycles. The fraction of sp³-hybridized carbons (Fsp3) is 0.846. The molecule has 2 atom stereocenters. The number of esters is 1. The maximum absolute atomic E-state index is 12.1. The average molecular weight is 273 g/mol. The first-order valence-corrected chi connectivity index (χ1v) is 6.59. The Morgan fingerprint density at radius 3 is 2.53 bits per heavy atom. The standard InChI is InChI=1S/C13H23NO5/c1-5-18-11(16)10-8-9(15)6-7-14(10)12(17)19-13(2,3)4/h9-10,15H,5-8H2,1-4H3/t9-,10-/m0/s1. The predicted octanol–water partition coefficient (Wildman–Crippen LogP) is 1.31. The molecule has 110 valence electrons. The first kappa shape index (κ1) is 15.8. The molecule has 1 N–H and O–H groups in total. The van der Waals surface area contributed by atoms with Crippen molar-refractivity contribution in [3.8, 4) is 0 Å². The van der Waals surface area contributed by atoms with Gasteiger partial charge in [0.25, 0.3) is 0 Å². The lowest BCUT2D eigenvalue weighted by atomic mass is 10.00. The van der Waals surface area contributed by atoms with Gasteiger partial charge in [-0.25, -0.2) is 9.59 Å². The van der Waals surface area contributed by atoms with Crippen LogP contribution in [0.15, 0.2) is 0 Å². The molecule has 0 saturated carbocycles. The highest BCUT2D eigenvalue weighted by Gasteiger charge is 2.38. The van der Waals surface area contributed by atoms with Gasteiger partial charge in [0.15, 0.2) is 0 Å². The Balaban J connectivity index is 2.77. The van der Waals surface area contributed by atoms with E-state index in [-0.39, 0.29) is 13.0 Å². The lowest BCUT2D eigenvalue weighted by Crippen LogP contribution is -2.53. The van der Waals surface area contributed by atoms with Crippen molar-refractivity contribution in [2.24, 2.45) is 0 Å².